The van der Waals surface area contributed by atoms with E-state index in [9.17, 15) is 0 Å². The van der Waals surface area contributed by atoms with Crippen molar-refractivity contribution in [1.29, 1.82) is 0 Å². The van der Waals surface area contributed by atoms with E-state index in [2.05, 4.69) is 73.8 Å². The third-order valence-electron chi connectivity index (χ3n) is 4.05. The van der Waals surface area contributed by atoms with E-state index in [1.165, 1.54) is 22.4 Å². The Balaban J connectivity index is 1.81. The van der Waals surface area contributed by atoms with Gasteiger partial charge < -0.3 is 10.1 Å². The number of aryl methyl sites for hydroxylation is 1. The molecule has 0 amide bonds. The Hall–Kier alpha value is -2.06. The topological polar surface area (TPSA) is 21.3 Å². The lowest BCUT2D eigenvalue weighted by Gasteiger charge is -2.32. The smallest absolute Gasteiger partial charge is 0.0867 e. The highest BCUT2D eigenvalue weighted by atomic mass is 16.5. The first-order valence-corrected chi connectivity index (χ1v) is 7.98. The molecular formula is C20H23NO. The van der Waals surface area contributed by atoms with Gasteiger partial charge in [0.2, 0.25) is 0 Å². The number of anilines is 1. The van der Waals surface area contributed by atoms with Crippen LogP contribution in [0.3, 0.4) is 0 Å². The molecule has 114 valence electrons. The van der Waals surface area contributed by atoms with Gasteiger partial charge in [-0.2, -0.15) is 0 Å². The van der Waals surface area contributed by atoms with E-state index in [1.54, 1.807) is 0 Å². The van der Waals surface area contributed by atoms with Gasteiger partial charge in [-0.1, -0.05) is 60.2 Å². The third-order valence-corrected chi connectivity index (χ3v) is 4.05. The fourth-order valence-electron chi connectivity index (χ4n) is 2.97. The number of hydrogen-bond donors (Lipinski definition) is 1. The Labute approximate surface area is 132 Å². The van der Waals surface area contributed by atoms with Crippen LogP contribution in [0.15, 0.2) is 54.6 Å². The van der Waals surface area contributed by atoms with Gasteiger partial charge in [0.05, 0.1) is 6.10 Å². The first-order valence-electron chi connectivity index (χ1n) is 7.98. The highest BCUT2D eigenvalue weighted by Gasteiger charge is 2.25. The van der Waals surface area contributed by atoms with Crippen molar-refractivity contribution < 1.29 is 4.74 Å². The van der Waals surface area contributed by atoms with Gasteiger partial charge in [-0.15, -0.1) is 0 Å². The van der Waals surface area contributed by atoms with Gasteiger partial charge in [-0.25, -0.2) is 0 Å². The molecule has 0 fully saturated rings. The van der Waals surface area contributed by atoms with Crippen LogP contribution in [-0.4, -0.2) is 12.6 Å². The molecule has 1 heterocycles. The summed E-state index contributed by atoms with van der Waals surface area (Å²) in [4.78, 5) is 0. The Kier molecular flexibility index (Phi) is 4.59. The molecule has 0 aliphatic carbocycles. The summed E-state index contributed by atoms with van der Waals surface area (Å²) >= 11 is 0. The molecule has 22 heavy (non-hydrogen) atoms. The van der Waals surface area contributed by atoms with Gasteiger partial charge in [-0.05, 0) is 25.5 Å². The minimum atomic E-state index is 0.173. The lowest BCUT2D eigenvalue weighted by Crippen LogP contribution is -2.27. The molecule has 2 atom stereocenters. The summed E-state index contributed by atoms with van der Waals surface area (Å²) in [6.07, 6.45) is 5.56. The van der Waals surface area contributed by atoms with Crippen molar-refractivity contribution in [3.8, 4) is 0 Å². The van der Waals surface area contributed by atoms with E-state index in [4.69, 9.17) is 4.74 Å². The van der Waals surface area contributed by atoms with E-state index in [0.29, 0.717) is 6.04 Å². The highest BCUT2D eigenvalue weighted by Crippen LogP contribution is 2.36. The average Bonchev–Trinajstić information content (AvgIpc) is 2.55. The maximum absolute atomic E-state index is 5.97. The quantitative estimate of drug-likeness (QED) is 0.859. The first kappa shape index (κ1) is 14.9. The van der Waals surface area contributed by atoms with Crippen LogP contribution in [0.1, 0.15) is 36.1 Å². The monoisotopic (exact) mass is 293 g/mol. The Morgan fingerprint density at radius 1 is 1.18 bits per heavy atom. The normalized spacial score (nSPS) is 20.6. The van der Waals surface area contributed by atoms with Crippen molar-refractivity contribution >= 4 is 11.8 Å². The van der Waals surface area contributed by atoms with Crippen LogP contribution in [0.25, 0.3) is 6.08 Å². The summed E-state index contributed by atoms with van der Waals surface area (Å²) in [6, 6.07) is 17.3. The van der Waals surface area contributed by atoms with Crippen molar-refractivity contribution in [2.45, 2.75) is 32.4 Å². The molecule has 0 saturated carbocycles. The second-order valence-corrected chi connectivity index (χ2v) is 5.79. The minimum Gasteiger partial charge on any atom is -0.378 e. The zero-order chi connectivity index (χ0) is 15.4. The molecule has 0 radical (unpaired) electrons. The molecule has 0 saturated heterocycles. The van der Waals surface area contributed by atoms with Crippen LogP contribution >= 0.6 is 0 Å². The molecule has 2 aromatic rings. The molecule has 2 nitrogen and oxygen atoms in total. The lowest BCUT2D eigenvalue weighted by atomic mass is 9.93. The molecular weight excluding hydrogens is 270 g/mol. The van der Waals surface area contributed by atoms with Crippen molar-refractivity contribution in [1.82, 2.24) is 0 Å². The van der Waals surface area contributed by atoms with Crippen LogP contribution in [0.5, 0.6) is 0 Å². The average molecular weight is 293 g/mol. The van der Waals surface area contributed by atoms with Gasteiger partial charge in [-0.3, -0.25) is 0 Å². The first-order chi connectivity index (χ1) is 10.8. The molecule has 0 spiro atoms. The Bertz CT molecular complexity index is 648. The van der Waals surface area contributed by atoms with Gasteiger partial charge >= 0.3 is 0 Å². The molecule has 1 aliphatic heterocycles. The van der Waals surface area contributed by atoms with Crippen molar-refractivity contribution in [3.63, 3.8) is 0 Å². The Morgan fingerprint density at radius 2 is 2.00 bits per heavy atom. The Morgan fingerprint density at radius 3 is 2.77 bits per heavy atom. The van der Waals surface area contributed by atoms with Crippen LogP contribution in [0.4, 0.5) is 5.69 Å². The van der Waals surface area contributed by atoms with Crippen LogP contribution in [0.2, 0.25) is 0 Å². The summed E-state index contributed by atoms with van der Waals surface area (Å²) in [5.74, 6) is 0. The van der Waals surface area contributed by atoms with E-state index in [-0.39, 0.29) is 6.10 Å². The fraction of sp³-hybridized carbons (Fsp3) is 0.300. The molecule has 1 aliphatic rings. The SMILES string of the molecule is CCO[C@H]1C[C@@H](/C=C/c2ccccc2)Nc2ccc(C)cc21. The van der Waals surface area contributed by atoms with E-state index in [0.717, 1.165) is 13.0 Å². The van der Waals surface area contributed by atoms with E-state index in [1.807, 2.05) is 6.07 Å². The summed E-state index contributed by atoms with van der Waals surface area (Å²) in [5.41, 5.74) is 4.99. The van der Waals surface area contributed by atoms with Crippen molar-refractivity contribution in [2.75, 3.05) is 11.9 Å². The summed E-state index contributed by atoms with van der Waals surface area (Å²) < 4.78 is 5.97. The maximum atomic E-state index is 5.97. The van der Waals surface area contributed by atoms with Gasteiger partial charge in [0.15, 0.2) is 0 Å². The molecule has 2 aromatic carbocycles. The molecule has 1 N–H and O–H groups in total. The second-order valence-electron chi connectivity index (χ2n) is 5.79. The third kappa shape index (κ3) is 3.40. The van der Waals surface area contributed by atoms with Crippen LogP contribution < -0.4 is 5.32 Å². The number of benzene rings is 2. The molecule has 0 aromatic heterocycles. The summed E-state index contributed by atoms with van der Waals surface area (Å²) in [5, 5.41) is 3.62. The molecule has 2 heteroatoms. The van der Waals surface area contributed by atoms with Crippen molar-refractivity contribution in [2.24, 2.45) is 0 Å². The second kappa shape index (κ2) is 6.80. The number of rotatable bonds is 4. The standard InChI is InChI=1S/C20H23NO/c1-3-22-20-14-17(11-10-16-7-5-4-6-8-16)21-19-12-9-15(2)13-18(19)20/h4-13,17,20-21H,3,14H2,1-2H3/b11-10+/t17-,20+/m1/s1. The van der Waals surface area contributed by atoms with E-state index >= 15 is 0 Å². The molecule has 0 bridgehead atoms. The highest BCUT2D eigenvalue weighted by molar-refractivity contribution is 5.59. The molecule has 3 rings (SSSR count). The number of ether oxygens (including phenoxy) is 1. The number of hydrogen-bond acceptors (Lipinski definition) is 2. The fourth-order valence-corrected chi connectivity index (χ4v) is 2.97. The summed E-state index contributed by atoms with van der Waals surface area (Å²) in [7, 11) is 0. The molecule has 0 unspecified atom stereocenters. The van der Waals surface area contributed by atoms with Crippen LogP contribution in [0, 0.1) is 6.92 Å². The number of fused-ring (bicyclic) bond motifs is 1. The number of nitrogens with one attached hydrogen (secondary N) is 1. The zero-order valence-corrected chi connectivity index (χ0v) is 13.3. The van der Waals surface area contributed by atoms with Crippen LogP contribution in [-0.2, 0) is 4.74 Å². The zero-order valence-electron chi connectivity index (χ0n) is 13.3. The van der Waals surface area contributed by atoms with Crippen molar-refractivity contribution in [3.05, 3.63) is 71.3 Å². The minimum absolute atomic E-state index is 0.173. The van der Waals surface area contributed by atoms with Gasteiger partial charge in [0.25, 0.3) is 0 Å². The van der Waals surface area contributed by atoms with Gasteiger partial charge in [0, 0.05) is 30.3 Å². The largest absolute Gasteiger partial charge is 0.378 e. The predicted octanol–water partition coefficient (Wildman–Crippen LogP) is 4.97. The lowest BCUT2D eigenvalue weighted by molar-refractivity contribution is 0.0529. The van der Waals surface area contributed by atoms with E-state index < -0.39 is 0 Å². The van der Waals surface area contributed by atoms with Gasteiger partial charge in [0.1, 0.15) is 0 Å². The summed E-state index contributed by atoms with van der Waals surface area (Å²) in [6.45, 7) is 4.93. The predicted molar refractivity (Wildman–Crippen MR) is 93.0 cm³/mol. The maximum Gasteiger partial charge on any atom is 0.0867 e.